The molecule has 0 bridgehead atoms. The van der Waals surface area contributed by atoms with E-state index >= 15 is 0 Å². The summed E-state index contributed by atoms with van der Waals surface area (Å²) in [5.74, 6) is -0.562. The van der Waals surface area contributed by atoms with Gasteiger partial charge in [0.2, 0.25) is 0 Å². The minimum Gasteiger partial charge on any atom is -0.459 e. The van der Waals surface area contributed by atoms with Gasteiger partial charge in [-0.3, -0.25) is 4.79 Å². The molecule has 12 heavy (non-hydrogen) atoms. The molecule has 70 valence electrons. The van der Waals surface area contributed by atoms with E-state index in [0.29, 0.717) is 19.6 Å². The Bertz CT molecular complexity index is 155. The van der Waals surface area contributed by atoms with Crippen LogP contribution in [0.4, 0.5) is 0 Å². The van der Waals surface area contributed by atoms with Crippen molar-refractivity contribution in [2.24, 2.45) is 5.73 Å². The fraction of sp³-hybridized carbons (Fsp3) is 0.857. The van der Waals surface area contributed by atoms with Crippen LogP contribution < -0.4 is 5.73 Å². The first-order valence-electron chi connectivity index (χ1n) is 3.88. The van der Waals surface area contributed by atoms with Crippen molar-refractivity contribution in [1.82, 2.24) is 0 Å². The average molecular weight is 175 g/mol. The zero-order chi connectivity index (χ0) is 8.97. The highest BCUT2D eigenvalue weighted by Gasteiger charge is 2.22. The topological polar surface area (TPSA) is 81.8 Å². The number of carbonyl (C=O) groups is 1. The Kier molecular flexibility index (Phi) is 3.46. The van der Waals surface area contributed by atoms with Crippen LogP contribution in [0.5, 0.6) is 0 Å². The molecular weight excluding hydrogens is 162 g/mol. The molecular formula is C7H13NO4. The molecule has 0 saturated carbocycles. The molecule has 2 atom stereocenters. The molecule has 1 fully saturated rings. The van der Waals surface area contributed by atoms with Gasteiger partial charge < -0.3 is 20.3 Å². The predicted octanol–water partition coefficient (Wildman–Crippen LogP) is -1.36. The van der Waals surface area contributed by atoms with Crippen molar-refractivity contribution in [3.05, 3.63) is 0 Å². The molecule has 1 rings (SSSR count). The summed E-state index contributed by atoms with van der Waals surface area (Å²) in [7, 11) is 0. The van der Waals surface area contributed by atoms with Gasteiger partial charge in [0.15, 0.2) is 0 Å². The molecule has 1 aliphatic rings. The quantitative estimate of drug-likeness (QED) is 0.518. The van der Waals surface area contributed by atoms with Gasteiger partial charge in [-0.15, -0.1) is 0 Å². The number of rotatable bonds is 3. The van der Waals surface area contributed by atoms with Crippen molar-refractivity contribution in [2.75, 3.05) is 19.8 Å². The van der Waals surface area contributed by atoms with Gasteiger partial charge in [0.05, 0.1) is 19.8 Å². The van der Waals surface area contributed by atoms with Crippen molar-refractivity contribution in [2.45, 2.75) is 18.6 Å². The SMILES string of the molecule is N[C@H](CO)C(=O)OC1CCOC1. The third-order valence-corrected chi connectivity index (χ3v) is 1.67. The lowest BCUT2D eigenvalue weighted by Crippen LogP contribution is -2.37. The Morgan fingerprint density at radius 3 is 3.08 bits per heavy atom. The molecule has 1 saturated heterocycles. The van der Waals surface area contributed by atoms with Crippen molar-refractivity contribution >= 4 is 5.97 Å². The summed E-state index contributed by atoms with van der Waals surface area (Å²) in [4.78, 5) is 11.0. The number of nitrogens with two attached hydrogens (primary N) is 1. The van der Waals surface area contributed by atoms with Crippen molar-refractivity contribution < 1.29 is 19.4 Å². The second kappa shape index (κ2) is 4.39. The van der Waals surface area contributed by atoms with Gasteiger partial charge in [0.25, 0.3) is 0 Å². The van der Waals surface area contributed by atoms with Crippen LogP contribution in [0, 0.1) is 0 Å². The maximum Gasteiger partial charge on any atom is 0.325 e. The fourth-order valence-electron chi connectivity index (χ4n) is 0.932. The highest BCUT2D eigenvalue weighted by molar-refractivity contribution is 5.75. The zero-order valence-corrected chi connectivity index (χ0v) is 6.73. The molecule has 3 N–H and O–H groups in total. The maximum absolute atomic E-state index is 11.0. The smallest absolute Gasteiger partial charge is 0.325 e. The van der Waals surface area contributed by atoms with E-state index in [4.69, 9.17) is 20.3 Å². The Labute approximate surface area is 70.4 Å². The summed E-state index contributed by atoms with van der Waals surface area (Å²) >= 11 is 0. The van der Waals surface area contributed by atoms with Crippen LogP contribution in [-0.2, 0) is 14.3 Å². The third kappa shape index (κ3) is 2.44. The number of hydrogen-bond acceptors (Lipinski definition) is 5. The summed E-state index contributed by atoms with van der Waals surface area (Å²) in [6.45, 7) is 0.669. The largest absolute Gasteiger partial charge is 0.459 e. The molecule has 0 amide bonds. The van der Waals surface area contributed by atoms with Gasteiger partial charge in [-0.1, -0.05) is 0 Å². The van der Waals surface area contributed by atoms with Gasteiger partial charge in [-0.05, 0) is 0 Å². The number of carbonyl (C=O) groups excluding carboxylic acids is 1. The number of aliphatic hydroxyl groups is 1. The van der Waals surface area contributed by atoms with Crippen LogP contribution in [0.2, 0.25) is 0 Å². The summed E-state index contributed by atoms with van der Waals surface area (Å²) in [6.07, 6.45) is 0.527. The minimum absolute atomic E-state index is 0.185. The Morgan fingerprint density at radius 1 is 1.83 bits per heavy atom. The molecule has 0 radical (unpaired) electrons. The highest BCUT2D eigenvalue weighted by atomic mass is 16.6. The van der Waals surface area contributed by atoms with Crippen molar-refractivity contribution in [3.8, 4) is 0 Å². The minimum atomic E-state index is -0.925. The molecule has 0 aromatic heterocycles. The van der Waals surface area contributed by atoms with E-state index in [-0.39, 0.29) is 12.7 Å². The number of hydrogen-bond donors (Lipinski definition) is 2. The Balaban J connectivity index is 2.25. The molecule has 1 unspecified atom stereocenters. The van der Waals surface area contributed by atoms with E-state index < -0.39 is 12.0 Å². The zero-order valence-electron chi connectivity index (χ0n) is 6.73. The number of esters is 1. The summed E-state index contributed by atoms with van der Waals surface area (Å²) < 4.78 is 9.91. The predicted molar refractivity (Wildman–Crippen MR) is 40.4 cm³/mol. The normalized spacial score (nSPS) is 25.3. The third-order valence-electron chi connectivity index (χ3n) is 1.67. The molecule has 0 aromatic rings. The second-order valence-electron chi connectivity index (χ2n) is 2.71. The molecule has 0 aromatic carbocycles. The first-order valence-corrected chi connectivity index (χ1v) is 3.88. The lowest BCUT2D eigenvalue weighted by atomic mass is 10.3. The molecule has 5 heteroatoms. The van der Waals surface area contributed by atoms with Gasteiger partial charge in [0.1, 0.15) is 12.1 Å². The van der Waals surface area contributed by atoms with Crippen LogP contribution >= 0.6 is 0 Å². The molecule has 1 aliphatic heterocycles. The molecule has 1 heterocycles. The number of aliphatic hydroxyl groups excluding tert-OH is 1. The van der Waals surface area contributed by atoms with E-state index in [9.17, 15) is 4.79 Å². The monoisotopic (exact) mass is 175 g/mol. The lowest BCUT2D eigenvalue weighted by molar-refractivity contribution is -0.151. The van der Waals surface area contributed by atoms with E-state index in [1.54, 1.807) is 0 Å². The second-order valence-corrected chi connectivity index (χ2v) is 2.71. The van der Waals surface area contributed by atoms with Crippen molar-refractivity contribution in [3.63, 3.8) is 0 Å². The van der Waals surface area contributed by atoms with E-state index in [0.717, 1.165) is 0 Å². The van der Waals surface area contributed by atoms with Crippen LogP contribution in [-0.4, -0.2) is 43.0 Å². The lowest BCUT2D eigenvalue weighted by Gasteiger charge is -2.12. The maximum atomic E-state index is 11.0. The number of ether oxygens (including phenoxy) is 2. The fourth-order valence-corrected chi connectivity index (χ4v) is 0.932. The van der Waals surface area contributed by atoms with Crippen LogP contribution in [0.1, 0.15) is 6.42 Å². The van der Waals surface area contributed by atoms with Gasteiger partial charge in [0, 0.05) is 6.42 Å². The first-order chi connectivity index (χ1) is 5.74. The van der Waals surface area contributed by atoms with Gasteiger partial charge >= 0.3 is 5.97 Å². The Morgan fingerprint density at radius 2 is 2.58 bits per heavy atom. The van der Waals surface area contributed by atoms with E-state index in [2.05, 4.69) is 0 Å². The van der Waals surface area contributed by atoms with Gasteiger partial charge in [-0.2, -0.15) is 0 Å². The van der Waals surface area contributed by atoms with E-state index in [1.807, 2.05) is 0 Å². The summed E-state index contributed by atoms with van der Waals surface area (Å²) in [5.41, 5.74) is 5.23. The van der Waals surface area contributed by atoms with E-state index in [1.165, 1.54) is 0 Å². The first kappa shape index (κ1) is 9.44. The van der Waals surface area contributed by atoms with Crippen LogP contribution in [0.25, 0.3) is 0 Å². The van der Waals surface area contributed by atoms with Gasteiger partial charge in [-0.25, -0.2) is 0 Å². The summed E-state index contributed by atoms with van der Waals surface area (Å²) in [6, 6.07) is -0.925. The van der Waals surface area contributed by atoms with Crippen LogP contribution in [0.15, 0.2) is 0 Å². The molecule has 5 nitrogen and oxygen atoms in total. The van der Waals surface area contributed by atoms with Crippen molar-refractivity contribution in [1.29, 1.82) is 0 Å². The molecule has 0 aliphatic carbocycles. The highest BCUT2D eigenvalue weighted by Crippen LogP contribution is 2.08. The summed E-state index contributed by atoms with van der Waals surface area (Å²) in [5, 5.41) is 8.52. The Hall–Kier alpha value is -0.650. The standard InChI is InChI=1S/C7H13NO4/c8-6(3-9)7(10)12-5-1-2-11-4-5/h5-6,9H,1-4,8H2/t5?,6-/m1/s1. The average Bonchev–Trinajstić information content (AvgIpc) is 2.55. The molecule has 0 spiro atoms. The van der Waals surface area contributed by atoms with Crippen LogP contribution in [0.3, 0.4) is 0 Å².